The zero-order valence-corrected chi connectivity index (χ0v) is 22.2. The van der Waals surface area contributed by atoms with Gasteiger partial charge in [0.25, 0.3) is 5.69 Å². The van der Waals surface area contributed by atoms with Crippen molar-refractivity contribution in [3.8, 4) is 66.1 Å². The van der Waals surface area contributed by atoms with Crippen molar-refractivity contribution in [3.05, 3.63) is 87.6 Å². The number of hydrogen-bond donors (Lipinski definition) is 0. The largest absolute Gasteiger partial charge is 0.485 e. The molecule has 5 aromatic rings. The molecule has 3 aromatic carbocycles. The maximum atomic E-state index is 12.1. The molecular weight excluding hydrogens is 534 g/mol. The van der Waals surface area contributed by atoms with Gasteiger partial charge in [-0.2, -0.15) is 0 Å². The second kappa shape index (κ2) is 9.76. The number of nitro benzene ring substituents is 1. The van der Waals surface area contributed by atoms with Crippen LogP contribution in [0.3, 0.4) is 0 Å². The number of benzene rings is 3. The summed E-state index contributed by atoms with van der Waals surface area (Å²) < 4.78 is 22.9. The van der Waals surface area contributed by atoms with Crippen LogP contribution in [0.25, 0.3) is 43.1 Å². The third-order valence-electron chi connectivity index (χ3n) is 6.74. The molecule has 4 heterocycles. The van der Waals surface area contributed by atoms with E-state index in [9.17, 15) is 10.1 Å². The fourth-order valence-electron chi connectivity index (χ4n) is 4.85. The van der Waals surface area contributed by atoms with Gasteiger partial charge in [0.2, 0.25) is 0 Å². The molecule has 0 saturated heterocycles. The van der Waals surface area contributed by atoms with Crippen LogP contribution in [0.4, 0.5) is 5.69 Å². The molecule has 0 spiro atoms. The highest BCUT2D eigenvalue weighted by Crippen LogP contribution is 2.47. The number of hydrogen-bond acceptors (Lipinski definition) is 8. The number of fused-ring (bicyclic) bond motifs is 2. The van der Waals surface area contributed by atoms with Crippen LogP contribution in [0, 0.1) is 10.1 Å². The predicted octanol–water partition coefficient (Wildman–Crippen LogP) is 7.93. The first-order valence-electron chi connectivity index (χ1n) is 12.4. The first kappa shape index (κ1) is 23.8. The minimum atomic E-state index is -0.322. The number of rotatable bonds is 5. The molecule has 2 aliphatic rings. The number of thiophene rings is 2. The fraction of sp³-hybridized carbons (Fsp3) is 0.133. The SMILES string of the molecule is O=[N+]([O-])c1cc(-c2ccc(-c3scc4c3OCCO4)cc2)ccc1-c1ccc(-c2scc3c2OCCO3)cc1. The standard InChI is InChI=1S/C30H21NO6S2/c32-31(33)24-15-22(18-1-5-20(6-2-18)29-27-25(16-38-29)34-11-13-36-27)9-10-23(24)19-3-7-21(8-4-19)30-28-26(17-39-30)35-12-14-37-28/h1-10,15-17H,11-14H2. The molecule has 0 N–H and O–H groups in total. The Morgan fingerprint density at radius 3 is 1.59 bits per heavy atom. The van der Waals surface area contributed by atoms with Gasteiger partial charge >= 0.3 is 0 Å². The number of nitrogens with zero attached hydrogens (tertiary/aromatic N) is 1. The minimum Gasteiger partial charge on any atom is -0.485 e. The summed E-state index contributed by atoms with van der Waals surface area (Å²) in [5.41, 5.74) is 5.10. The molecule has 194 valence electrons. The van der Waals surface area contributed by atoms with Crippen molar-refractivity contribution in [3.63, 3.8) is 0 Å². The molecule has 0 bridgehead atoms. The van der Waals surface area contributed by atoms with Gasteiger partial charge in [0.15, 0.2) is 23.0 Å². The van der Waals surface area contributed by atoms with Gasteiger partial charge in [0.1, 0.15) is 26.4 Å². The molecule has 0 unspecified atom stereocenters. The predicted molar refractivity (Wildman–Crippen MR) is 153 cm³/mol. The molecule has 0 radical (unpaired) electrons. The molecule has 7 rings (SSSR count). The van der Waals surface area contributed by atoms with E-state index in [1.807, 2.05) is 71.4 Å². The van der Waals surface area contributed by atoms with Gasteiger partial charge in [0, 0.05) is 16.8 Å². The Morgan fingerprint density at radius 2 is 1.05 bits per heavy atom. The van der Waals surface area contributed by atoms with Crippen molar-refractivity contribution in [2.75, 3.05) is 26.4 Å². The first-order valence-corrected chi connectivity index (χ1v) is 14.2. The third kappa shape index (κ3) is 4.29. The van der Waals surface area contributed by atoms with Crippen LogP contribution in [0.2, 0.25) is 0 Å². The second-order valence-corrected chi connectivity index (χ2v) is 10.8. The van der Waals surface area contributed by atoms with Crippen molar-refractivity contribution in [2.45, 2.75) is 0 Å². The van der Waals surface area contributed by atoms with Gasteiger partial charge in [-0.1, -0.05) is 54.6 Å². The van der Waals surface area contributed by atoms with E-state index >= 15 is 0 Å². The van der Waals surface area contributed by atoms with E-state index in [4.69, 9.17) is 18.9 Å². The number of nitro groups is 1. The fourth-order valence-corrected chi connectivity index (χ4v) is 6.72. The molecule has 0 saturated carbocycles. The van der Waals surface area contributed by atoms with Gasteiger partial charge in [-0.3, -0.25) is 10.1 Å². The molecule has 2 aliphatic heterocycles. The quantitative estimate of drug-likeness (QED) is 0.162. The zero-order chi connectivity index (χ0) is 26.3. The van der Waals surface area contributed by atoms with E-state index in [1.165, 1.54) is 0 Å². The summed E-state index contributed by atoms with van der Waals surface area (Å²) in [7, 11) is 0. The van der Waals surface area contributed by atoms with E-state index in [0.29, 0.717) is 32.0 Å². The van der Waals surface area contributed by atoms with Crippen molar-refractivity contribution in [1.29, 1.82) is 0 Å². The van der Waals surface area contributed by atoms with Gasteiger partial charge in [-0.05, 0) is 33.9 Å². The molecule has 9 heteroatoms. The highest BCUT2D eigenvalue weighted by Gasteiger charge is 2.22. The molecule has 0 amide bonds. The Kier molecular flexibility index (Phi) is 5.94. The van der Waals surface area contributed by atoms with Crippen LogP contribution in [0.15, 0.2) is 77.5 Å². The molecule has 0 aliphatic carbocycles. The molecule has 39 heavy (non-hydrogen) atoms. The van der Waals surface area contributed by atoms with E-state index in [-0.39, 0.29) is 10.6 Å². The summed E-state index contributed by atoms with van der Waals surface area (Å²) in [6.45, 7) is 2.16. The lowest BCUT2D eigenvalue weighted by Crippen LogP contribution is -2.14. The van der Waals surface area contributed by atoms with Crippen molar-refractivity contribution >= 4 is 28.4 Å². The van der Waals surface area contributed by atoms with Crippen LogP contribution < -0.4 is 18.9 Å². The van der Waals surface area contributed by atoms with Gasteiger partial charge in [-0.25, -0.2) is 0 Å². The average Bonchev–Trinajstić information content (AvgIpc) is 3.62. The Hall–Kier alpha value is -4.34. The Bertz CT molecular complexity index is 1690. The highest BCUT2D eigenvalue weighted by atomic mass is 32.1. The van der Waals surface area contributed by atoms with Gasteiger partial charge < -0.3 is 18.9 Å². The summed E-state index contributed by atoms with van der Waals surface area (Å²) >= 11 is 3.14. The number of ether oxygens (including phenoxy) is 4. The molecule has 0 fully saturated rings. The van der Waals surface area contributed by atoms with E-state index in [2.05, 4.69) is 0 Å². The normalized spacial score (nSPS) is 13.7. The monoisotopic (exact) mass is 555 g/mol. The lowest BCUT2D eigenvalue weighted by molar-refractivity contribution is -0.384. The lowest BCUT2D eigenvalue weighted by Gasteiger charge is -2.16. The van der Waals surface area contributed by atoms with E-state index < -0.39 is 0 Å². The van der Waals surface area contributed by atoms with Crippen LogP contribution in [-0.2, 0) is 0 Å². The maximum absolute atomic E-state index is 12.1. The van der Waals surface area contributed by atoms with Crippen molar-refractivity contribution in [1.82, 2.24) is 0 Å². The summed E-state index contributed by atoms with van der Waals surface area (Å²) in [5.74, 6) is 3.09. The maximum Gasteiger partial charge on any atom is 0.277 e. The third-order valence-corrected chi connectivity index (χ3v) is 8.71. The topological polar surface area (TPSA) is 80.1 Å². The van der Waals surface area contributed by atoms with Gasteiger partial charge in [-0.15, -0.1) is 22.7 Å². The van der Waals surface area contributed by atoms with Crippen molar-refractivity contribution < 1.29 is 23.9 Å². The van der Waals surface area contributed by atoms with Crippen molar-refractivity contribution in [2.24, 2.45) is 0 Å². The minimum absolute atomic E-state index is 0.0624. The molecular formula is C30H21NO6S2. The van der Waals surface area contributed by atoms with Crippen LogP contribution in [0.1, 0.15) is 0 Å². The van der Waals surface area contributed by atoms with E-state index in [0.717, 1.165) is 60.6 Å². The highest BCUT2D eigenvalue weighted by molar-refractivity contribution is 7.14. The zero-order valence-electron chi connectivity index (χ0n) is 20.5. The second-order valence-electron chi connectivity index (χ2n) is 9.05. The summed E-state index contributed by atoms with van der Waals surface area (Å²) in [6, 6.07) is 21.1. The van der Waals surface area contributed by atoms with Gasteiger partial charge in [0.05, 0.1) is 20.2 Å². The average molecular weight is 556 g/mol. The van der Waals surface area contributed by atoms with Crippen LogP contribution >= 0.6 is 22.7 Å². The molecule has 0 atom stereocenters. The smallest absolute Gasteiger partial charge is 0.277 e. The Labute approximate surface area is 231 Å². The van der Waals surface area contributed by atoms with Crippen LogP contribution in [0.5, 0.6) is 23.0 Å². The first-order chi connectivity index (χ1) is 19.2. The Balaban J connectivity index is 1.17. The van der Waals surface area contributed by atoms with E-state index in [1.54, 1.807) is 28.7 Å². The molecule has 7 nitrogen and oxygen atoms in total. The molecule has 2 aromatic heterocycles. The summed E-state index contributed by atoms with van der Waals surface area (Å²) in [6.07, 6.45) is 0. The lowest BCUT2D eigenvalue weighted by atomic mass is 9.97. The van der Waals surface area contributed by atoms with Crippen LogP contribution in [-0.4, -0.2) is 31.4 Å². The summed E-state index contributed by atoms with van der Waals surface area (Å²) in [5, 5.41) is 16.0. The Morgan fingerprint density at radius 1 is 0.590 bits per heavy atom. The summed E-state index contributed by atoms with van der Waals surface area (Å²) in [4.78, 5) is 13.8.